The average Bonchev–Trinajstić information content (AvgIpc) is 2.93. The van der Waals surface area contributed by atoms with Crippen molar-refractivity contribution in [1.29, 1.82) is 0 Å². The van der Waals surface area contributed by atoms with E-state index in [9.17, 15) is 19.2 Å². The first-order chi connectivity index (χ1) is 19.3. The number of rotatable bonds is 20. The summed E-state index contributed by atoms with van der Waals surface area (Å²) in [6.45, 7) is 23.5. The zero-order valence-corrected chi connectivity index (χ0v) is 25.9. The molecule has 10 heteroatoms. The Balaban J connectivity index is -0.000000233. The van der Waals surface area contributed by atoms with Gasteiger partial charge in [0.2, 0.25) is 5.91 Å². The van der Waals surface area contributed by atoms with Gasteiger partial charge in [0.05, 0.1) is 6.61 Å². The van der Waals surface area contributed by atoms with E-state index in [4.69, 9.17) is 20.7 Å². The molecule has 0 bridgehead atoms. The molecule has 0 atom stereocenters. The van der Waals surface area contributed by atoms with Gasteiger partial charge in [-0.25, -0.2) is 14.4 Å². The molecule has 5 N–H and O–H groups in total. The number of nitrogens with two attached hydrogens (primary N) is 1. The maximum absolute atomic E-state index is 10.9. The summed E-state index contributed by atoms with van der Waals surface area (Å²) in [7, 11) is 0. The summed E-state index contributed by atoms with van der Waals surface area (Å²) in [6, 6.07) is 0. The van der Waals surface area contributed by atoms with E-state index in [0.29, 0.717) is 29.7 Å². The van der Waals surface area contributed by atoms with Crippen LogP contribution in [0.4, 0.5) is 0 Å². The Labute approximate surface area is 247 Å². The first-order valence-corrected chi connectivity index (χ1v) is 14.1. The van der Waals surface area contributed by atoms with Crippen LogP contribution in [-0.4, -0.2) is 66.9 Å². The second kappa shape index (κ2) is 34.8. The van der Waals surface area contributed by atoms with Gasteiger partial charge in [-0.15, -0.1) is 0 Å². The molecule has 0 rings (SSSR count). The zero-order valence-electron chi connectivity index (χ0n) is 25.9. The predicted molar refractivity (Wildman–Crippen MR) is 165 cm³/mol. The molecular weight excluding hydrogens is 528 g/mol. The number of ether oxygens (including phenoxy) is 2. The number of hydrogen-bond donors (Lipinski definition) is 4. The van der Waals surface area contributed by atoms with Gasteiger partial charge in [-0.1, -0.05) is 78.7 Å². The van der Waals surface area contributed by atoms with Gasteiger partial charge in [0.15, 0.2) is 0 Å². The highest BCUT2D eigenvalue weighted by Gasteiger charge is 2.02. The van der Waals surface area contributed by atoms with E-state index < -0.39 is 11.9 Å². The molecule has 0 aliphatic heterocycles. The normalized spacial score (nSPS) is 9.20. The minimum atomic E-state index is -0.981. The second-order valence-corrected chi connectivity index (χ2v) is 9.04. The van der Waals surface area contributed by atoms with Crippen LogP contribution in [0.3, 0.4) is 0 Å². The van der Waals surface area contributed by atoms with Crippen molar-refractivity contribution < 1.29 is 38.9 Å². The van der Waals surface area contributed by atoms with Crippen molar-refractivity contribution >= 4 is 23.8 Å². The number of amides is 1. The maximum atomic E-state index is 10.9. The molecule has 0 heterocycles. The monoisotopic (exact) mass is 584 g/mol. The lowest BCUT2D eigenvalue weighted by Gasteiger charge is -2.05. The number of hydrogen-bond acceptors (Lipinski definition) is 8. The minimum absolute atomic E-state index is 0.0451. The van der Waals surface area contributed by atoms with Crippen LogP contribution in [0.1, 0.15) is 91.9 Å². The number of nitrogens with one attached hydrogen (secondary N) is 1. The third-order valence-electron chi connectivity index (χ3n) is 4.81. The highest BCUT2D eigenvalue weighted by Crippen LogP contribution is 2.10. The summed E-state index contributed by atoms with van der Waals surface area (Å²) in [4.78, 5) is 41.3. The SMILES string of the molecule is C=C(C)C(=O)OCCCO.C=C(C)C(=O)OCCNCCCC.C=C(CCCCCCCC)C(N)=O.C=CC(=O)O. The molecule has 0 saturated carbocycles. The van der Waals surface area contributed by atoms with Crippen LogP contribution in [0.25, 0.3) is 0 Å². The van der Waals surface area contributed by atoms with E-state index in [1.807, 2.05) is 0 Å². The quantitative estimate of drug-likeness (QED) is 0.0873. The number of esters is 2. The molecule has 0 unspecified atom stereocenters. The molecular formula is C31H56N2O8. The molecule has 1 amide bonds. The standard InChI is InChI=1S/C11H21NO.C10H19NO2.C7H12O3.C3H4O2/c1-3-4-5-6-7-8-9-10(2)11(12)13;1-4-5-6-11-7-8-13-10(12)9(2)3;1-6(2)7(9)10-5-3-4-8;1-2-3(4)5/h2-9H2,1H3,(H2,12,13);11H,2,4-8H2,1,3H3;8H,1,3-5H2,2H3;2H,1H2,(H,4,5). The Morgan fingerprint density at radius 2 is 1.24 bits per heavy atom. The zero-order chi connectivity index (χ0) is 32.5. The lowest BCUT2D eigenvalue weighted by molar-refractivity contribution is -0.139. The number of carbonyl (C=O) groups is 4. The van der Waals surface area contributed by atoms with Gasteiger partial charge in [0.25, 0.3) is 0 Å². The van der Waals surface area contributed by atoms with Crippen molar-refractivity contribution in [3.8, 4) is 0 Å². The van der Waals surface area contributed by atoms with Gasteiger partial charge in [-0.3, -0.25) is 4.79 Å². The maximum Gasteiger partial charge on any atom is 0.333 e. The molecule has 0 saturated heterocycles. The van der Waals surface area contributed by atoms with Gasteiger partial charge in [-0.05, 0) is 39.7 Å². The van der Waals surface area contributed by atoms with Crippen molar-refractivity contribution in [3.63, 3.8) is 0 Å². The molecule has 0 aromatic rings. The fourth-order valence-corrected chi connectivity index (χ4v) is 2.36. The molecule has 0 fully saturated rings. The summed E-state index contributed by atoms with van der Waals surface area (Å²) < 4.78 is 9.53. The number of carboxylic acid groups (broad SMARTS) is 1. The summed E-state index contributed by atoms with van der Waals surface area (Å²) >= 11 is 0. The van der Waals surface area contributed by atoms with Crippen LogP contribution in [-0.2, 0) is 28.7 Å². The molecule has 0 aromatic carbocycles. The molecule has 238 valence electrons. The van der Waals surface area contributed by atoms with Gasteiger partial charge in [0.1, 0.15) is 6.61 Å². The lowest BCUT2D eigenvalue weighted by Crippen LogP contribution is -2.22. The van der Waals surface area contributed by atoms with E-state index in [1.54, 1.807) is 13.8 Å². The van der Waals surface area contributed by atoms with E-state index >= 15 is 0 Å². The van der Waals surface area contributed by atoms with Gasteiger partial charge in [-0.2, -0.15) is 0 Å². The Bertz CT molecular complexity index is 725. The minimum Gasteiger partial charge on any atom is -0.478 e. The third kappa shape index (κ3) is 44.0. The van der Waals surface area contributed by atoms with Gasteiger partial charge >= 0.3 is 17.9 Å². The first-order valence-electron chi connectivity index (χ1n) is 14.1. The topological polar surface area (TPSA) is 165 Å². The Hall–Kier alpha value is -3.24. The highest BCUT2D eigenvalue weighted by molar-refractivity contribution is 5.91. The van der Waals surface area contributed by atoms with Crippen molar-refractivity contribution in [2.75, 3.05) is 32.9 Å². The van der Waals surface area contributed by atoms with Crippen LogP contribution in [0.15, 0.2) is 49.1 Å². The predicted octanol–water partition coefficient (Wildman–Crippen LogP) is 5.02. The first kappa shape index (κ1) is 44.8. The molecule has 0 aromatic heterocycles. The highest BCUT2D eigenvalue weighted by atomic mass is 16.5. The van der Waals surface area contributed by atoms with Gasteiger partial charge < -0.3 is 30.7 Å². The molecule has 0 aliphatic carbocycles. The Morgan fingerprint density at radius 3 is 1.66 bits per heavy atom. The fraction of sp³-hybridized carbons (Fsp3) is 0.613. The number of aliphatic hydroxyl groups is 1. The number of carboxylic acids is 1. The van der Waals surface area contributed by atoms with Crippen molar-refractivity contribution in [1.82, 2.24) is 5.32 Å². The van der Waals surface area contributed by atoms with Crippen LogP contribution >= 0.6 is 0 Å². The van der Waals surface area contributed by atoms with Crippen molar-refractivity contribution in [2.45, 2.75) is 91.9 Å². The third-order valence-corrected chi connectivity index (χ3v) is 4.81. The average molecular weight is 585 g/mol. The number of aliphatic hydroxyl groups excluding tert-OH is 1. The van der Waals surface area contributed by atoms with E-state index in [1.165, 1.54) is 38.5 Å². The molecule has 0 aliphatic rings. The van der Waals surface area contributed by atoms with E-state index in [-0.39, 0.29) is 25.1 Å². The molecule has 0 spiro atoms. The summed E-state index contributed by atoms with van der Waals surface area (Å²) in [6.07, 6.45) is 11.8. The molecule has 41 heavy (non-hydrogen) atoms. The molecule has 0 radical (unpaired) electrons. The lowest BCUT2D eigenvalue weighted by atomic mass is 10.1. The van der Waals surface area contributed by atoms with E-state index in [0.717, 1.165) is 38.4 Å². The second-order valence-electron chi connectivity index (χ2n) is 9.04. The van der Waals surface area contributed by atoms with Crippen molar-refractivity contribution in [3.05, 3.63) is 49.1 Å². The number of primary amides is 1. The summed E-state index contributed by atoms with van der Waals surface area (Å²) in [5.41, 5.74) is 6.46. The van der Waals surface area contributed by atoms with Crippen molar-refractivity contribution in [2.24, 2.45) is 5.73 Å². The van der Waals surface area contributed by atoms with E-state index in [2.05, 4.69) is 50.2 Å². The smallest absolute Gasteiger partial charge is 0.333 e. The number of carbonyl (C=O) groups excluding carboxylic acids is 3. The summed E-state index contributed by atoms with van der Waals surface area (Å²) in [5, 5.41) is 19.1. The largest absolute Gasteiger partial charge is 0.478 e. The Morgan fingerprint density at radius 1 is 0.780 bits per heavy atom. The summed E-state index contributed by atoms with van der Waals surface area (Å²) in [5.74, 6) is -2.04. The Kier molecular flexibility index (Phi) is 38.0. The van der Waals surface area contributed by atoms with Crippen LogP contribution in [0.2, 0.25) is 0 Å². The van der Waals surface area contributed by atoms with Gasteiger partial charge in [0, 0.05) is 42.4 Å². The number of unbranched alkanes of at least 4 members (excludes halogenated alkanes) is 6. The van der Waals surface area contributed by atoms with Crippen LogP contribution in [0, 0.1) is 0 Å². The molecule has 10 nitrogen and oxygen atoms in total. The number of aliphatic carboxylic acids is 1. The fourth-order valence-electron chi connectivity index (χ4n) is 2.36. The van der Waals surface area contributed by atoms with Crippen LogP contribution < -0.4 is 11.1 Å². The van der Waals surface area contributed by atoms with Crippen LogP contribution in [0.5, 0.6) is 0 Å².